The van der Waals surface area contributed by atoms with Gasteiger partial charge in [-0.15, -0.1) is 0 Å². The minimum absolute atomic E-state index is 0.0536. The first kappa shape index (κ1) is 16.4. The summed E-state index contributed by atoms with van der Waals surface area (Å²) in [7, 11) is 0. The maximum atomic E-state index is 6.16. The molecule has 2 fully saturated rings. The number of nitrogens with zero attached hydrogens (tertiary/aromatic N) is 4. The highest BCUT2D eigenvalue weighted by Gasteiger charge is 2.52. The number of nitrogens with one attached hydrogen (secondary N) is 1. The Morgan fingerprint density at radius 3 is 2.88 bits per heavy atom. The highest BCUT2D eigenvalue weighted by molar-refractivity contribution is 5.24. The van der Waals surface area contributed by atoms with Crippen molar-refractivity contribution in [2.24, 2.45) is 5.92 Å². The Morgan fingerprint density at radius 1 is 1.28 bits per heavy atom. The Balaban J connectivity index is 1.26. The van der Waals surface area contributed by atoms with E-state index in [0.29, 0.717) is 11.9 Å². The molecule has 2 aromatic heterocycles. The lowest BCUT2D eigenvalue weighted by molar-refractivity contribution is -0.136. The monoisotopic (exact) mass is 339 g/mol. The van der Waals surface area contributed by atoms with Gasteiger partial charge in [-0.05, 0) is 42.9 Å². The summed E-state index contributed by atoms with van der Waals surface area (Å²) in [5.41, 5.74) is 2.40. The third-order valence-corrected chi connectivity index (χ3v) is 5.27. The summed E-state index contributed by atoms with van der Waals surface area (Å²) in [5, 5.41) is 3.34. The standard InChI is InChI=1S/C19H25N5O/c1-15-9-22-18(23-10-15)21-7-4-17-5-8-25-19(17)13-24(14-19)12-16-3-2-6-20-11-16/h2-3,6,9-11,17H,4-5,7-8,12-14H2,1H3,(H,21,22,23)/t17-/m1/s1. The molecule has 0 bridgehead atoms. The van der Waals surface area contributed by atoms with Crippen LogP contribution in [-0.4, -0.2) is 51.7 Å². The Hall–Kier alpha value is -2.05. The number of hydrogen-bond donors (Lipinski definition) is 1. The third kappa shape index (κ3) is 3.65. The summed E-state index contributed by atoms with van der Waals surface area (Å²) in [6.07, 6.45) is 9.70. The molecule has 6 heteroatoms. The summed E-state index contributed by atoms with van der Waals surface area (Å²) < 4.78 is 6.16. The minimum Gasteiger partial charge on any atom is -0.372 e. The average Bonchev–Trinajstić information content (AvgIpc) is 3.01. The van der Waals surface area contributed by atoms with Gasteiger partial charge < -0.3 is 10.1 Å². The van der Waals surface area contributed by atoms with E-state index < -0.39 is 0 Å². The van der Waals surface area contributed by atoms with Gasteiger partial charge in [0.1, 0.15) is 0 Å². The fourth-order valence-electron chi connectivity index (χ4n) is 3.96. The quantitative estimate of drug-likeness (QED) is 0.871. The Kier molecular flexibility index (Phi) is 4.63. The molecule has 1 N–H and O–H groups in total. The second kappa shape index (κ2) is 7.06. The fourth-order valence-corrected chi connectivity index (χ4v) is 3.96. The lowest BCUT2D eigenvalue weighted by atomic mass is 9.79. The molecule has 0 saturated carbocycles. The summed E-state index contributed by atoms with van der Waals surface area (Å²) in [4.78, 5) is 15.3. The lowest BCUT2D eigenvalue weighted by Crippen LogP contribution is -2.64. The van der Waals surface area contributed by atoms with Crippen LogP contribution >= 0.6 is 0 Å². The molecule has 6 nitrogen and oxygen atoms in total. The van der Waals surface area contributed by atoms with Crippen LogP contribution in [-0.2, 0) is 11.3 Å². The highest BCUT2D eigenvalue weighted by Crippen LogP contribution is 2.42. The number of likely N-dealkylation sites (tertiary alicyclic amines) is 1. The Bertz CT molecular complexity index is 685. The first-order valence-electron chi connectivity index (χ1n) is 9.01. The van der Waals surface area contributed by atoms with Gasteiger partial charge in [-0.1, -0.05) is 6.07 Å². The van der Waals surface area contributed by atoms with Crippen molar-refractivity contribution < 1.29 is 4.74 Å². The molecule has 25 heavy (non-hydrogen) atoms. The predicted molar refractivity (Wildman–Crippen MR) is 96.2 cm³/mol. The van der Waals surface area contributed by atoms with Crippen LogP contribution < -0.4 is 5.32 Å². The molecular weight excluding hydrogens is 314 g/mol. The van der Waals surface area contributed by atoms with E-state index in [4.69, 9.17) is 4.74 Å². The average molecular weight is 339 g/mol. The molecule has 0 aromatic carbocycles. The normalized spacial score (nSPS) is 22.0. The van der Waals surface area contributed by atoms with Gasteiger partial charge in [0.25, 0.3) is 0 Å². The predicted octanol–water partition coefficient (Wildman–Crippen LogP) is 2.27. The van der Waals surface area contributed by atoms with Crippen molar-refractivity contribution in [1.29, 1.82) is 0 Å². The molecule has 2 aliphatic heterocycles. The van der Waals surface area contributed by atoms with Crippen LogP contribution in [0.5, 0.6) is 0 Å². The molecule has 4 heterocycles. The second-order valence-corrected chi connectivity index (χ2v) is 7.20. The summed E-state index contributed by atoms with van der Waals surface area (Å²) in [6, 6.07) is 4.13. The molecule has 1 atom stereocenters. The number of ether oxygens (including phenoxy) is 1. The second-order valence-electron chi connectivity index (χ2n) is 7.20. The van der Waals surface area contributed by atoms with Gasteiger partial charge in [0, 0.05) is 57.6 Å². The highest BCUT2D eigenvalue weighted by atomic mass is 16.5. The van der Waals surface area contributed by atoms with E-state index in [0.717, 1.165) is 51.2 Å². The van der Waals surface area contributed by atoms with Crippen molar-refractivity contribution in [2.45, 2.75) is 31.9 Å². The molecule has 2 saturated heterocycles. The zero-order chi connectivity index (χ0) is 17.1. The van der Waals surface area contributed by atoms with Gasteiger partial charge in [-0.2, -0.15) is 0 Å². The Labute approximate surface area is 148 Å². The molecule has 0 amide bonds. The molecule has 2 aromatic rings. The van der Waals surface area contributed by atoms with Gasteiger partial charge in [0.05, 0.1) is 5.60 Å². The molecule has 132 valence electrons. The zero-order valence-electron chi connectivity index (χ0n) is 14.7. The van der Waals surface area contributed by atoms with Gasteiger partial charge in [-0.3, -0.25) is 9.88 Å². The maximum absolute atomic E-state index is 6.16. The van der Waals surface area contributed by atoms with E-state index in [1.54, 1.807) is 0 Å². The number of aryl methyl sites for hydroxylation is 1. The van der Waals surface area contributed by atoms with Crippen LogP contribution in [0.3, 0.4) is 0 Å². The van der Waals surface area contributed by atoms with E-state index in [1.165, 1.54) is 5.56 Å². The van der Waals surface area contributed by atoms with Gasteiger partial charge in [-0.25, -0.2) is 9.97 Å². The zero-order valence-corrected chi connectivity index (χ0v) is 14.7. The van der Waals surface area contributed by atoms with Crippen molar-refractivity contribution >= 4 is 5.95 Å². The topological polar surface area (TPSA) is 63.2 Å². The maximum Gasteiger partial charge on any atom is 0.222 e. The number of anilines is 1. The summed E-state index contributed by atoms with van der Waals surface area (Å²) in [5.74, 6) is 1.32. The largest absolute Gasteiger partial charge is 0.372 e. The van der Waals surface area contributed by atoms with E-state index in [-0.39, 0.29) is 5.60 Å². The summed E-state index contributed by atoms with van der Waals surface area (Å²) >= 11 is 0. The van der Waals surface area contributed by atoms with Crippen LogP contribution in [0, 0.1) is 12.8 Å². The molecule has 0 aliphatic carbocycles. The van der Waals surface area contributed by atoms with E-state index in [9.17, 15) is 0 Å². The number of hydrogen-bond acceptors (Lipinski definition) is 6. The minimum atomic E-state index is 0.0536. The van der Waals surface area contributed by atoms with Crippen LogP contribution in [0.2, 0.25) is 0 Å². The van der Waals surface area contributed by atoms with Crippen molar-refractivity contribution in [2.75, 3.05) is 31.6 Å². The third-order valence-electron chi connectivity index (χ3n) is 5.27. The number of aromatic nitrogens is 3. The number of rotatable bonds is 6. The van der Waals surface area contributed by atoms with Gasteiger partial charge in [0.15, 0.2) is 0 Å². The molecule has 0 radical (unpaired) electrons. The molecular formula is C19H25N5O. The van der Waals surface area contributed by atoms with Crippen molar-refractivity contribution in [3.8, 4) is 0 Å². The Morgan fingerprint density at radius 2 is 2.12 bits per heavy atom. The van der Waals surface area contributed by atoms with Crippen LogP contribution in [0.4, 0.5) is 5.95 Å². The van der Waals surface area contributed by atoms with Crippen molar-refractivity contribution in [3.63, 3.8) is 0 Å². The van der Waals surface area contributed by atoms with Crippen molar-refractivity contribution in [3.05, 3.63) is 48.0 Å². The van der Waals surface area contributed by atoms with E-state index >= 15 is 0 Å². The van der Waals surface area contributed by atoms with Crippen LogP contribution in [0.1, 0.15) is 24.0 Å². The van der Waals surface area contributed by atoms with Gasteiger partial charge in [0.2, 0.25) is 5.95 Å². The van der Waals surface area contributed by atoms with Gasteiger partial charge >= 0.3 is 0 Å². The molecule has 2 aliphatic rings. The van der Waals surface area contributed by atoms with Crippen molar-refractivity contribution in [1.82, 2.24) is 19.9 Å². The first-order valence-corrected chi connectivity index (χ1v) is 9.01. The van der Waals surface area contributed by atoms with Crippen LogP contribution in [0.15, 0.2) is 36.9 Å². The summed E-state index contributed by atoms with van der Waals surface area (Å²) in [6.45, 7) is 6.77. The first-order chi connectivity index (χ1) is 12.2. The molecule has 4 rings (SSSR count). The van der Waals surface area contributed by atoms with Crippen LogP contribution in [0.25, 0.3) is 0 Å². The number of pyridine rings is 1. The fraction of sp³-hybridized carbons (Fsp3) is 0.526. The molecule has 1 spiro atoms. The van der Waals surface area contributed by atoms with E-state index in [1.807, 2.05) is 37.8 Å². The molecule has 0 unspecified atom stereocenters. The van der Waals surface area contributed by atoms with E-state index in [2.05, 4.69) is 31.2 Å². The lowest BCUT2D eigenvalue weighted by Gasteiger charge is -2.50. The SMILES string of the molecule is Cc1cnc(NCC[C@@H]2CCOC23CN(Cc2cccnc2)C3)nc1. The smallest absolute Gasteiger partial charge is 0.222 e.